The van der Waals surface area contributed by atoms with Crippen molar-refractivity contribution in [2.75, 3.05) is 20.6 Å². The number of phenolic OH excluding ortho intramolecular Hbond substituents is 1. The number of hydrogen-bond acceptors (Lipinski definition) is 2. The number of nitrogens with zero attached hydrogens (tertiary/aromatic N) is 1. The maximum atomic E-state index is 9.21. The summed E-state index contributed by atoms with van der Waals surface area (Å²) in [5, 5.41) is 9.21. The first-order valence-electron chi connectivity index (χ1n) is 9.52. The summed E-state index contributed by atoms with van der Waals surface area (Å²) >= 11 is 0. The Morgan fingerprint density at radius 1 is 0.875 bits per heavy atom. The van der Waals surface area contributed by atoms with Crippen molar-refractivity contribution in [3.63, 3.8) is 0 Å². The zero-order valence-corrected chi connectivity index (χ0v) is 17.7. The van der Waals surface area contributed by atoms with Gasteiger partial charge in [0.25, 0.3) is 0 Å². The molecule has 0 radical (unpaired) electrons. The molecule has 0 saturated carbocycles. The molecular formula is C22H49NO. The Bertz CT molecular complexity index is 283. The van der Waals surface area contributed by atoms with Crippen molar-refractivity contribution in [3.05, 3.63) is 29.8 Å². The van der Waals surface area contributed by atoms with E-state index in [0.29, 0.717) is 5.75 Å². The second-order valence-electron chi connectivity index (χ2n) is 4.58. The summed E-state index contributed by atoms with van der Waals surface area (Å²) < 4.78 is 0. The molecule has 1 N–H and O–H groups in total. The van der Waals surface area contributed by atoms with Gasteiger partial charge in [-0.25, -0.2) is 0 Å². The summed E-state index contributed by atoms with van der Waals surface area (Å²) in [6, 6.07) is 7.47. The van der Waals surface area contributed by atoms with Crippen LogP contribution in [0.2, 0.25) is 0 Å². The van der Waals surface area contributed by atoms with E-state index in [9.17, 15) is 5.11 Å². The Hall–Kier alpha value is -1.02. The van der Waals surface area contributed by atoms with Crippen molar-refractivity contribution in [2.45, 2.75) is 88.5 Å². The minimum atomic E-state index is 0. The van der Waals surface area contributed by atoms with Gasteiger partial charge in [0, 0.05) is 0 Å². The van der Waals surface area contributed by atoms with Crippen LogP contribution in [0.25, 0.3) is 0 Å². The lowest BCUT2D eigenvalue weighted by atomic mass is 10.1. The largest absolute Gasteiger partial charge is 0.508 e. The van der Waals surface area contributed by atoms with Gasteiger partial charge in [0.1, 0.15) is 5.75 Å². The molecule has 2 heteroatoms. The molecule has 24 heavy (non-hydrogen) atoms. The van der Waals surface area contributed by atoms with Crippen molar-refractivity contribution < 1.29 is 5.11 Å². The van der Waals surface area contributed by atoms with Crippen LogP contribution in [0.4, 0.5) is 0 Å². The lowest BCUT2D eigenvalue weighted by Crippen LogP contribution is -2.13. The third-order valence-electron chi connectivity index (χ3n) is 2.48. The molecule has 0 unspecified atom stereocenters. The third kappa shape index (κ3) is 32.8. The molecule has 0 spiro atoms. The summed E-state index contributed by atoms with van der Waals surface area (Å²) in [7, 11) is 4.14. The number of aryl methyl sites for hydroxylation is 1. The van der Waals surface area contributed by atoms with Gasteiger partial charge >= 0.3 is 0 Å². The molecule has 1 aromatic rings. The van der Waals surface area contributed by atoms with E-state index in [0.717, 1.165) is 19.4 Å². The fraction of sp³-hybridized carbons (Fsp3) is 0.727. The van der Waals surface area contributed by atoms with Crippen LogP contribution in [0, 0.1) is 0 Å². The molecule has 0 amide bonds. The number of aromatic hydroxyl groups is 1. The number of benzene rings is 1. The molecule has 148 valence electrons. The normalized spacial score (nSPS) is 7.79. The van der Waals surface area contributed by atoms with Crippen LogP contribution in [0.5, 0.6) is 5.75 Å². The first-order valence-corrected chi connectivity index (χ1v) is 9.52. The zero-order valence-electron chi connectivity index (χ0n) is 17.7. The maximum absolute atomic E-state index is 9.21. The zero-order chi connectivity index (χ0) is 19.1. The van der Waals surface area contributed by atoms with E-state index in [1.165, 1.54) is 18.4 Å². The van der Waals surface area contributed by atoms with Crippen molar-refractivity contribution >= 4 is 0 Å². The van der Waals surface area contributed by atoms with Crippen molar-refractivity contribution in [1.82, 2.24) is 4.90 Å². The summed E-state index contributed by atoms with van der Waals surface area (Å²) in [5.41, 5.74) is 1.21. The maximum Gasteiger partial charge on any atom is 0.115 e. The first-order chi connectivity index (χ1) is 11.1. The molecule has 0 aliphatic carbocycles. The summed E-state index contributed by atoms with van der Waals surface area (Å²) in [6.07, 6.45) is 4.81. The van der Waals surface area contributed by atoms with Crippen LogP contribution >= 0.6 is 0 Å². The van der Waals surface area contributed by atoms with Crippen LogP contribution in [0.1, 0.15) is 87.6 Å². The highest BCUT2D eigenvalue weighted by molar-refractivity contribution is 5.27. The van der Waals surface area contributed by atoms with E-state index in [1.54, 1.807) is 6.07 Å². The monoisotopic (exact) mass is 343 g/mol. The fourth-order valence-corrected chi connectivity index (χ4v) is 1.31. The number of rotatable bonds is 5. The first kappa shape index (κ1) is 34.3. The molecular weight excluding hydrogens is 294 g/mol. The molecule has 0 saturated heterocycles. The van der Waals surface area contributed by atoms with Crippen molar-refractivity contribution in [3.8, 4) is 5.75 Å². The van der Waals surface area contributed by atoms with Gasteiger partial charge in [-0.2, -0.15) is 0 Å². The van der Waals surface area contributed by atoms with Crippen LogP contribution in [0.15, 0.2) is 24.3 Å². The van der Waals surface area contributed by atoms with Gasteiger partial charge in [-0.05, 0) is 51.2 Å². The Kier molecular flexibility index (Phi) is 48.0. The van der Waals surface area contributed by atoms with E-state index in [4.69, 9.17) is 0 Å². The van der Waals surface area contributed by atoms with Gasteiger partial charge in [-0.15, -0.1) is 0 Å². The Morgan fingerprint density at radius 3 is 1.67 bits per heavy atom. The topological polar surface area (TPSA) is 23.5 Å². The van der Waals surface area contributed by atoms with Crippen LogP contribution in [-0.2, 0) is 6.42 Å². The minimum Gasteiger partial charge on any atom is -0.508 e. The third-order valence-corrected chi connectivity index (χ3v) is 2.48. The molecule has 0 bridgehead atoms. The summed E-state index contributed by atoms with van der Waals surface area (Å²) in [5.74, 6) is 0.363. The standard InChI is InChI=1S/C11H17NO.C4H10.3C2H6.CH4/c1-12(2)8-4-6-10-5-3-7-11(13)9-10;1-3-4-2;3*1-2;/h3,5,7,9,13H,4,6,8H2,1-2H3;3-4H2,1-2H3;3*1-2H3;1H4. The van der Waals surface area contributed by atoms with E-state index >= 15 is 0 Å². The van der Waals surface area contributed by atoms with Crippen LogP contribution < -0.4 is 0 Å². The molecule has 2 nitrogen and oxygen atoms in total. The van der Waals surface area contributed by atoms with E-state index in [1.807, 2.05) is 53.7 Å². The average Bonchev–Trinajstić information content (AvgIpc) is 2.60. The van der Waals surface area contributed by atoms with Gasteiger partial charge < -0.3 is 10.0 Å². The van der Waals surface area contributed by atoms with Gasteiger partial charge in [0.05, 0.1) is 0 Å². The Balaban J connectivity index is -0.0000000930. The lowest BCUT2D eigenvalue weighted by molar-refractivity contribution is 0.400. The molecule has 0 atom stereocenters. The van der Waals surface area contributed by atoms with E-state index < -0.39 is 0 Å². The SMILES string of the molecule is C.CC.CC.CC.CCCC.CN(C)CCCc1cccc(O)c1. The second-order valence-corrected chi connectivity index (χ2v) is 4.58. The molecule has 0 fully saturated rings. The van der Waals surface area contributed by atoms with Crippen LogP contribution in [-0.4, -0.2) is 30.6 Å². The van der Waals surface area contributed by atoms with Gasteiger partial charge in [0.2, 0.25) is 0 Å². The molecule has 1 aromatic carbocycles. The van der Waals surface area contributed by atoms with Gasteiger partial charge in [0.15, 0.2) is 0 Å². The molecule has 1 rings (SSSR count). The molecule has 0 aliphatic heterocycles. The Morgan fingerprint density at radius 2 is 1.33 bits per heavy atom. The Labute approximate surface area is 155 Å². The minimum absolute atomic E-state index is 0. The highest BCUT2D eigenvalue weighted by Crippen LogP contribution is 2.12. The highest BCUT2D eigenvalue weighted by atomic mass is 16.3. The smallest absolute Gasteiger partial charge is 0.115 e. The number of phenols is 1. The predicted molar refractivity (Wildman–Crippen MR) is 116 cm³/mol. The number of unbranched alkanes of at least 4 members (excludes halogenated alkanes) is 1. The number of hydrogen-bond donors (Lipinski definition) is 1. The fourth-order valence-electron chi connectivity index (χ4n) is 1.31. The highest BCUT2D eigenvalue weighted by Gasteiger charge is 1.95. The summed E-state index contributed by atoms with van der Waals surface area (Å²) in [6.45, 7) is 17.5. The van der Waals surface area contributed by atoms with E-state index in [-0.39, 0.29) is 7.43 Å². The predicted octanol–water partition coefficient (Wildman–Crippen LogP) is 7.41. The molecule has 0 aromatic heterocycles. The summed E-state index contributed by atoms with van der Waals surface area (Å²) in [4.78, 5) is 2.17. The second kappa shape index (κ2) is 33.6. The molecule has 0 aliphatic rings. The average molecular weight is 344 g/mol. The van der Waals surface area contributed by atoms with Crippen LogP contribution in [0.3, 0.4) is 0 Å². The quantitative estimate of drug-likeness (QED) is 0.601. The van der Waals surface area contributed by atoms with Crippen molar-refractivity contribution in [2.24, 2.45) is 0 Å². The van der Waals surface area contributed by atoms with Crippen molar-refractivity contribution in [1.29, 1.82) is 0 Å². The van der Waals surface area contributed by atoms with Gasteiger partial charge in [-0.1, -0.05) is 87.8 Å². The van der Waals surface area contributed by atoms with Gasteiger partial charge in [-0.3, -0.25) is 0 Å². The van der Waals surface area contributed by atoms with E-state index in [2.05, 4.69) is 38.9 Å². The lowest BCUT2D eigenvalue weighted by Gasteiger charge is -2.08. The molecule has 0 heterocycles.